The van der Waals surface area contributed by atoms with Gasteiger partial charge in [-0.2, -0.15) is 15.1 Å². The molecule has 2 aromatic heterocycles. The van der Waals surface area contributed by atoms with Gasteiger partial charge in [0.2, 0.25) is 0 Å². The molecule has 0 amide bonds. The Labute approximate surface area is 318 Å². The van der Waals surface area contributed by atoms with Crippen LogP contribution >= 0.6 is 0 Å². The molecule has 1 aliphatic carbocycles. The molecule has 6 heterocycles. The van der Waals surface area contributed by atoms with E-state index in [9.17, 15) is 9.50 Å². The van der Waals surface area contributed by atoms with Crippen LogP contribution in [0.4, 0.5) is 19.0 Å². The molecule has 5 aromatic rings. The quantitative estimate of drug-likeness (QED) is 0.172. The predicted octanol–water partition coefficient (Wildman–Crippen LogP) is 6.92. The molecule has 4 atom stereocenters. The Kier molecular flexibility index (Phi) is 8.45. The number of alkyl halides is 1. The lowest BCUT2D eigenvalue weighted by atomic mass is 9.79. The van der Waals surface area contributed by atoms with E-state index in [0.29, 0.717) is 75.4 Å². The summed E-state index contributed by atoms with van der Waals surface area (Å²) in [5, 5.41) is 18.1. The monoisotopic (exact) mass is 755 g/mol. The highest BCUT2D eigenvalue weighted by atomic mass is 19.1. The molecule has 55 heavy (non-hydrogen) atoms. The topological polar surface area (TPSA) is 92.0 Å². The van der Waals surface area contributed by atoms with Crippen LogP contribution < -0.4 is 9.64 Å². The van der Waals surface area contributed by atoms with Crippen molar-refractivity contribution in [3.63, 3.8) is 0 Å². The van der Waals surface area contributed by atoms with Gasteiger partial charge in [0.05, 0.1) is 10.9 Å². The Bertz CT molecular complexity index is 2320. The largest absolute Gasteiger partial charge is 0.508 e. The van der Waals surface area contributed by atoms with E-state index >= 15 is 8.78 Å². The number of hydrogen-bond donors (Lipinski definition) is 1. The highest BCUT2D eigenvalue weighted by Crippen LogP contribution is 2.48. The van der Waals surface area contributed by atoms with Crippen LogP contribution in [0.25, 0.3) is 43.7 Å². The summed E-state index contributed by atoms with van der Waals surface area (Å²) in [5.74, 6) is 0.128. The van der Waals surface area contributed by atoms with Crippen molar-refractivity contribution in [2.45, 2.75) is 88.1 Å². The minimum absolute atomic E-state index is 0.0587. The van der Waals surface area contributed by atoms with E-state index < -0.39 is 23.3 Å². The molecule has 1 N–H and O–H groups in total. The average molecular weight is 756 g/mol. The van der Waals surface area contributed by atoms with Crippen LogP contribution in [0.3, 0.4) is 0 Å². The van der Waals surface area contributed by atoms with E-state index in [1.807, 2.05) is 13.1 Å². The average Bonchev–Trinajstić information content (AvgIpc) is 3.87. The third-order valence-corrected chi connectivity index (χ3v) is 13.5. The Hall–Kier alpha value is -4.20. The van der Waals surface area contributed by atoms with Gasteiger partial charge in [-0.15, -0.1) is 0 Å². The van der Waals surface area contributed by atoms with Crippen molar-refractivity contribution in [2.75, 3.05) is 51.4 Å². The van der Waals surface area contributed by atoms with Crippen molar-refractivity contribution in [3.05, 3.63) is 47.7 Å². The van der Waals surface area contributed by atoms with Crippen LogP contribution in [0.2, 0.25) is 0 Å². The first-order valence-corrected chi connectivity index (χ1v) is 20.0. The number of nitrogens with zero attached hydrogens (tertiary/aromatic N) is 7. The number of fused-ring (bicyclic) bond motifs is 7. The lowest BCUT2D eigenvalue weighted by molar-refractivity contribution is 0.0199. The number of aromatic hydroxyl groups is 1. The summed E-state index contributed by atoms with van der Waals surface area (Å²) >= 11 is 0. The van der Waals surface area contributed by atoms with E-state index in [1.165, 1.54) is 12.1 Å². The first-order chi connectivity index (χ1) is 26.6. The summed E-state index contributed by atoms with van der Waals surface area (Å²) in [5.41, 5.74) is 0.943. The minimum atomic E-state index is -0.918. The highest BCUT2D eigenvalue weighted by Gasteiger charge is 2.50. The fourth-order valence-electron chi connectivity index (χ4n) is 11.1. The second-order valence-corrected chi connectivity index (χ2v) is 16.8. The van der Waals surface area contributed by atoms with Crippen LogP contribution in [-0.4, -0.2) is 111 Å². The molecule has 2 bridgehead atoms. The van der Waals surface area contributed by atoms with Gasteiger partial charge in [0, 0.05) is 82.1 Å². The molecule has 13 heteroatoms. The second kappa shape index (κ2) is 13.2. The maximum atomic E-state index is 17.9. The Morgan fingerprint density at radius 3 is 2.56 bits per heavy atom. The SMILES string of the molecule is CCc1c(F)ccc2cc(O)cc(-c3c(F)c4nc(OC[C@@]56CCCN5C[C@H](F)C6)nc(N5C6CCC5CN(C5CC(COC)C5)C6)c4c4cn(C)nc34)c12. The standard InChI is InChI=1S/C42H48F3N7O3/c1-4-30-33(44)9-6-24-14-29(53)15-31(34(24)30)35-37(45)39-36(32-20-49(2)48-38(32)35)40(47-41(46-39)55-22-42-10-5-11-51(42)17-25(43)16-42)52-26-7-8-27(52)19-50(18-26)28-12-23(13-28)21-54-3/h6,9,14-15,20,23,25-28,53H,4-5,7-8,10-13,16-19,21-22H2,1-3H3/t23?,25-,26?,27?,28?,42+/m1/s1. The fourth-order valence-corrected chi connectivity index (χ4v) is 11.1. The molecular weight excluding hydrogens is 708 g/mol. The Balaban J connectivity index is 1.15. The Morgan fingerprint density at radius 2 is 1.80 bits per heavy atom. The Morgan fingerprint density at radius 1 is 1.00 bits per heavy atom. The molecular formula is C42H48F3N7O3. The van der Waals surface area contributed by atoms with Crippen molar-refractivity contribution >= 4 is 38.4 Å². The summed E-state index contributed by atoms with van der Waals surface area (Å²) in [4.78, 5) is 17.2. The van der Waals surface area contributed by atoms with Crippen molar-refractivity contribution < 1.29 is 27.8 Å². The van der Waals surface area contributed by atoms with Crippen molar-refractivity contribution in [1.82, 2.24) is 29.5 Å². The molecule has 10 rings (SSSR count). The molecule has 3 aromatic carbocycles. The molecule has 10 nitrogen and oxygen atoms in total. The zero-order valence-electron chi connectivity index (χ0n) is 31.7. The molecule has 290 valence electrons. The van der Waals surface area contributed by atoms with E-state index in [4.69, 9.17) is 24.5 Å². The smallest absolute Gasteiger partial charge is 0.319 e. The van der Waals surface area contributed by atoms with Gasteiger partial charge in [0.1, 0.15) is 41.2 Å². The molecule has 2 unspecified atom stereocenters. The maximum Gasteiger partial charge on any atom is 0.319 e. The molecule has 0 radical (unpaired) electrons. The van der Waals surface area contributed by atoms with Crippen LogP contribution in [0, 0.1) is 17.6 Å². The summed E-state index contributed by atoms with van der Waals surface area (Å²) in [6.07, 6.45) is 7.76. The minimum Gasteiger partial charge on any atom is -0.508 e. The van der Waals surface area contributed by atoms with Gasteiger partial charge < -0.3 is 19.5 Å². The number of halogens is 3. The zero-order valence-corrected chi connectivity index (χ0v) is 31.7. The van der Waals surface area contributed by atoms with Crippen molar-refractivity contribution in [3.8, 4) is 22.9 Å². The molecule has 0 spiro atoms. The normalized spacial score (nSPS) is 28.2. The van der Waals surface area contributed by atoms with Crippen molar-refractivity contribution in [1.29, 1.82) is 0 Å². The number of aryl methyl sites for hydroxylation is 2. The van der Waals surface area contributed by atoms with Crippen LogP contribution in [0.15, 0.2) is 30.5 Å². The van der Waals surface area contributed by atoms with E-state index in [2.05, 4.69) is 14.7 Å². The van der Waals surface area contributed by atoms with Gasteiger partial charge in [-0.25, -0.2) is 13.2 Å². The van der Waals surface area contributed by atoms with Crippen LogP contribution in [0.5, 0.6) is 11.8 Å². The number of piperazine rings is 1. The molecule has 5 aliphatic rings. The first kappa shape index (κ1) is 35.2. The number of hydrogen-bond acceptors (Lipinski definition) is 9. The van der Waals surface area contributed by atoms with Gasteiger partial charge in [-0.1, -0.05) is 13.0 Å². The zero-order chi connectivity index (χ0) is 37.7. The molecule has 4 saturated heterocycles. The number of benzene rings is 3. The number of rotatable bonds is 9. The number of ether oxygens (including phenoxy) is 2. The number of anilines is 1. The number of phenolic OH excluding ortho intramolecular Hbond substituents is 1. The van der Waals surface area contributed by atoms with E-state index in [0.717, 1.165) is 64.8 Å². The third kappa shape index (κ3) is 5.58. The third-order valence-electron chi connectivity index (χ3n) is 13.5. The predicted molar refractivity (Wildman–Crippen MR) is 206 cm³/mol. The number of phenols is 1. The van der Waals surface area contributed by atoms with Crippen molar-refractivity contribution in [2.24, 2.45) is 13.0 Å². The molecule has 4 aliphatic heterocycles. The van der Waals surface area contributed by atoms with Crippen LogP contribution in [-0.2, 0) is 18.2 Å². The lowest BCUT2D eigenvalue weighted by Crippen LogP contribution is -2.59. The highest BCUT2D eigenvalue weighted by molar-refractivity contribution is 6.18. The second-order valence-electron chi connectivity index (χ2n) is 16.8. The summed E-state index contributed by atoms with van der Waals surface area (Å²) in [6, 6.07) is 6.99. The van der Waals surface area contributed by atoms with Gasteiger partial charge in [0.15, 0.2) is 5.82 Å². The maximum absolute atomic E-state index is 17.9. The number of likely N-dealkylation sites (tertiary alicyclic amines) is 1. The van der Waals surface area contributed by atoms with E-state index in [-0.39, 0.29) is 41.5 Å². The lowest BCUT2D eigenvalue weighted by Gasteiger charge is -2.49. The molecule has 5 fully saturated rings. The molecule has 1 saturated carbocycles. The van der Waals surface area contributed by atoms with Gasteiger partial charge >= 0.3 is 6.01 Å². The van der Waals surface area contributed by atoms with E-state index in [1.54, 1.807) is 31.0 Å². The number of methoxy groups -OCH3 is 1. The van der Waals surface area contributed by atoms with Gasteiger partial charge in [-0.3, -0.25) is 14.5 Å². The van der Waals surface area contributed by atoms with Gasteiger partial charge in [-0.05, 0) is 97.5 Å². The summed E-state index contributed by atoms with van der Waals surface area (Å²) in [7, 11) is 3.57. The number of aromatic nitrogens is 4. The summed E-state index contributed by atoms with van der Waals surface area (Å²) in [6.45, 7) is 5.86. The fraction of sp³-hybridized carbons (Fsp3) is 0.548. The van der Waals surface area contributed by atoms with Gasteiger partial charge in [0.25, 0.3) is 0 Å². The summed E-state index contributed by atoms with van der Waals surface area (Å²) < 4.78 is 61.7. The van der Waals surface area contributed by atoms with Crippen LogP contribution in [0.1, 0.15) is 57.4 Å². The first-order valence-electron chi connectivity index (χ1n) is 20.0.